The molecule has 0 radical (unpaired) electrons. The molecule has 0 aromatic carbocycles. The highest BCUT2D eigenvalue weighted by atomic mass is 35.5. The van der Waals surface area contributed by atoms with E-state index in [0.717, 1.165) is 0 Å². The van der Waals surface area contributed by atoms with E-state index < -0.39 is 18.2 Å². The minimum atomic E-state index is -1.04. The molecule has 1 aliphatic rings. The van der Waals surface area contributed by atoms with Crippen LogP contribution in [0.4, 0.5) is 4.39 Å². The Kier molecular flexibility index (Phi) is 7.41. The third-order valence-corrected chi connectivity index (χ3v) is 6.72. The molecule has 0 unspecified atom stereocenters. The van der Waals surface area contributed by atoms with E-state index in [9.17, 15) is 14.3 Å². The van der Waals surface area contributed by atoms with E-state index >= 15 is 0 Å². The summed E-state index contributed by atoms with van der Waals surface area (Å²) in [7, 11) is 0. The van der Waals surface area contributed by atoms with Gasteiger partial charge in [0.05, 0.1) is 0 Å². The number of nitrogens with zero attached hydrogens (tertiary/aromatic N) is 1. The number of rotatable bonds is 6. The lowest BCUT2D eigenvalue weighted by Crippen LogP contribution is -2.36. The van der Waals surface area contributed by atoms with Gasteiger partial charge in [0, 0.05) is 34.8 Å². The summed E-state index contributed by atoms with van der Waals surface area (Å²) < 4.78 is 13.6. The van der Waals surface area contributed by atoms with Gasteiger partial charge < -0.3 is 5.11 Å². The number of carboxylic acid groups (broad SMARTS) is 1. The molecule has 142 valence electrons. The van der Waals surface area contributed by atoms with Crippen molar-refractivity contribution in [3.8, 4) is 0 Å². The van der Waals surface area contributed by atoms with Crippen LogP contribution in [0.25, 0.3) is 5.57 Å². The van der Waals surface area contributed by atoms with Crippen LogP contribution in [0, 0.1) is 13.8 Å². The van der Waals surface area contributed by atoms with Gasteiger partial charge in [-0.15, -0.1) is 35.1 Å². The fourth-order valence-corrected chi connectivity index (χ4v) is 5.33. The summed E-state index contributed by atoms with van der Waals surface area (Å²) in [6, 6.07) is 3.54. The number of likely N-dealkylation sites (tertiary alicyclic amines) is 1. The van der Waals surface area contributed by atoms with Crippen LogP contribution in [0.3, 0.4) is 0 Å². The molecule has 1 N–H and O–H groups in total. The minimum absolute atomic E-state index is 0. The van der Waals surface area contributed by atoms with Crippen LogP contribution in [0.15, 0.2) is 29.0 Å². The molecule has 7 heteroatoms. The average molecular weight is 416 g/mol. The molecule has 2 atom stereocenters. The molecular weight excluding hydrogens is 393 g/mol. The van der Waals surface area contributed by atoms with Crippen molar-refractivity contribution in [3.63, 3.8) is 0 Å². The van der Waals surface area contributed by atoms with Crippen LogP contribution >= 0.6 is 35.1 Å². The van der Waals surface area contributed by atoms with Crippen molar-refractivity contribution < 1.29 is 14.3 Å². The van der Waals surface area contributed by atoms with Gasteiger partial charge in [-0.25, -0.2) is 4.39 Å². The van der Waals surface area contributed by atoms with Crippen LogP contribution in [0.1, 0.15) is 33.7 Å². The number of aryl methyl sites for hydroxylation is 2. The Hall–Kier alpha value is -1.21. The van der Waals surface area contributed by atoms with Gasteiger partial charge in [-0.05, 0) is 54.3 Å². The first-order valence-corrected chi connectivity index (χ1v) is 10.1. The van der Waals surface area contributed by atoms with Gasteiger partial charge >= 0.3 is 5.97 Å². The van der Waals surface area contributed by atoms with Crippen molar-refractivity contribution in [1.29, 1.82) is 0 Å². The lowest BCUT2D eigenvalue weighted by molar-refractivity contribution is -0.142. The summed E-state index contributed by atoms with van der Waals surface area (Å²) in [4.78, 5) is 15.6. The lowest BCUT2D eigenvalue weighted by atomic mass is 10.1. The van der Waals surface area contributed by atoms with Crippen LogP contribution in [-0.2, 0) is 4.79 Å². The molecule has 2 aromatic heterocycles. The molecule has 1 saturated heterocycles. The Balaban J connectivity index is 0.00000243. The topological polar surface area (TPSA) is 40.5 Å². The quantitative estimate of drug-likeness (QED) is 0.707. The number of carboxylic acids is 1. The van der Waals surface area contributed by atoms with E-state index in [4.69, 9.17) is 0 Å². The lowest BCUT2D eigenvalue weighted by Gasteiger charge is -2.19. The molecule has 1 aliphatic heterocycles. The third-order valence-electron chi connectivity index (χ3n) is 4.62. The van der Waals surface area contributed by atoms with Gasteiger partial charge in [0.1, 0.15) is 12.2 Å². The molecule has 0 aliphatic carbocycles. The zero-order valence-corrected chi connectivity index (χ0v) is 17.2. The number of carbonyl (C=O) groups is 1. The largest absolute Gasteiger partial charge is 0.480 e. The molecule has 26 heavy (non-hydrogen) atoms. The van der Waals surface area contributed by atoms with Crippen molar-refractivity contribution in [3.05, 3.63) is 49.9 Å². The second-order valence-electron chi connectivity index (χ2n) is 6.45. The zero-order chi connectivity index (χ0) is 18.0. The Labute approximate surface area is 167 Å². The Morgan fingerprint density at radius 2 is 1.85 bits per heavy atom. The predicted octanol–water partition coefficient (Wildman–Crippen LogP) is 5.17. The van der Waals surface area contributed by atoms with Crippen molar-refractivity contribution >= 4 is 46.6 Å². The maximum absolute atomic E-state index is 13.6. The molecule has 1 fully saturated rings. The molecule has 3 heterocycles. The molecule has 0 amide bonds. The normalized spacial score (nSPS) is 20.0. The maximum atomic E-state index is 13.6. The van der Waals surface area contributed by atoms with Crippen LogP contribution in [-0.4, -0.2) is 41.3 Å². The number of hydrogen-bond acceptors (Lipinski definition) is 4. The summed E-state index contributed by atoms with van der Waals surface area (Å²) >= 11 is 3.45. The first kappa shape index (κ1) is 21.1. The molecular formula is C19H23ClFNO2S2. The standard InChI is InChI=1S/C19H22FNO2S2.ClH/c1-12-5-8-24-17(12)15(18-13(2)6-9-25-18)4-3-7-21-11-14(20)10-16(21)19(22)23;/h4-6,8-9,14,16H,3,7,10-11H2,1-2H3,(H,22,23);1H/t14-,16+;/m1./s1. The first-order valence-electron chi connectivity index (χ1n) is 8.37. The monoisotopic (exact) mass is 415 g/mol. The number of thiophene rings is 2. The van der Waals surface area contributed by atoms with Gasteiger partial charge in [0.25, 0.3) is 0 Å². The molecule has 0 saturated carbocycles. The van der Waals surface area contributed by atoms with Crippen LogP contribution in [0.2, 0.25) is 0 Å². The summed E-state index contributed by atoms with van der Waals surface area (Å²) in [5, 5.41) is 13.4. The number of hydrogen-bond donors (Lipinski definition) is 1. The fraction of sp³-hybridized carbons (Fsp3) is 0.421. The minimum Gasteiger partial charge on any atom is -0.480 e. The van der Waals surface area contributed by atoms with E-state index in [2.05, 4.69) is 42.8 Å². The summed E-state index contributed by atoms with van der Waals surface area (Å²) in [6.07, 6.45) is 1.95. The molecule has 0 bridgehead atoms. The molecule has 0 spiro atoms. The fourth-order valence-electron chi connectivity index (χ4n) is 3.31. The Morgan fingerprint density at radius 3 is 2.31 bits per heavy atom. The van der Waals surface area contributed by atoms with Gasteiger partial charge in [0.2, 0.25) is 0 Å². The number of halogens is 2. The Morgan fingerprint density at radius 1 is 1.27 bits per heavy atom. The second kappa shape index (κ2) is 9.13. The van der Waals surface area contributed by atoms with E-state index in [1.165, 1.54) is 26.5 Å². The third kappa shape index (κ3) is 4.55. The van der Waals surface area contributed by atoms with Gasteiger partial charge in [-0.3, -0.25) is 9.69 Å². The zero-order valence-electron chi connectivity index (χ0n) is 14.8. The highest BCUT2D eigenvalue weighted by Gasteiger charge is 2.36. The van der Waals surface area contributed by atoms with Crippen LogP contribution < -0.4 is 0 Å². The number of alkyl halides is 1. The summed E-state index contributed by atoms with van der Waals surface area (Å²) in [6.45, 7) is 5.00. The summed E-state index contributed by atoms with van der Waals surface area (Å²) in [5.74, 6) is -0.924. The maximum Gasteiger partial charge on any atom is 0.321 e. The van der Waals surface area contributed by atoms with Gasteiger partial charge in [0.15, 0.2) is 0 Å². The van der Waals surface area contributed by atoms with Crippen molar-refractivity contribution in [2.45, 2.75) is 38.9 Å². The van der Waals surface area contributed by atoms with Gasteiger partial charge in [-0.1, -0.05) is 6.08 Å². The van der Waals surface area contributed by atoms with Crippen LogP contribution in [0.5, 0.6) is 0 Å². The number of aliphatic carboxylic acids is 1. The van der Waals surface area contributed by atoms with E-state index in [1.807, 2.05) is 0 Å². The molecule has 3 nitrogen and oxygen atoms in total. The van der Waals surface area contributed by atoms with Crippen molar-refractivity contribution in [1.82, 2.24) is 4.90 Å². The van der Waals surface area contributed by atoms with Crippen molar-refractivity contribution in [2.75, 3.05) is 13.1 Å². The highest BCUT2D eigenvalue weighted by Crippen LogP contribution is 2.35. The second-order valence-corrected chi connectivity index (χ2v) is 8.29. The first-order chi connectivity index (χ1) is 12.0. The van der Waals surface area contributed by atoms with E-state index in [1.54, 1.807) is 27.6 Å². The molecule has 3 rings (SSSR count). The molecule has 2 aromatic rings. The average Bonchev–Trinajstić information content (AvgIpc) is 3.25. The predicted molar refractivity (Wildman–Crippen MR) is 110 cm³/mol. The van der Waals surface area contributed by atoms with Gasteiger partial charge in [-0.2, -0.15) is 0 Å². The van der Waals surface area contributed by atoms with E-state index in [-0.39, 0.29) is 25.4 Å². The smallest absolute Gasteiger partial charge is 0.321 e. The summed E-state index contributed by atoms with van der Waals surface area (Å²) in [5.41, 5.74) is 3.71. The van der Waals surface area contributed by atoms with Crippen molar-refractivity contribution in [2.24, 2.45) is 0 Å². The Bertz CT molecular complexity index is 744. The highest BCUT2D eigenvalue weighted by molar-refractivity contribution is 7.14. The SMILES string of the molecule is Cc1ccsc1C(=CCCN1C[C@H](F)C[C@H]1C(=O)O)c1sccc1C.Cl. The van der Waals surface area contributed by atoms with E-state index in [0.29, 0.717) is 13.0 Å².